The summed E-state index contributed by atoms with van der Waals surface area (Å²) in [6, 6.07) is 8.89. The number of hydrogen-bond acceptors (Lipinski definition) is 2. The molecule has 1 unspecified atom stereocenters. The first kappa shape index (κ1) is 13.7. The largest absolute Gasteiger partial charge is 0.453 e. The Morgan fingerprint density at radius 3 is 2.45 bits per heavy atom. The van der Waals surface area contributed by atoms with Crippen LogP contribution in [0.3, 0.4) is 0 Å². The molecule has 5 heteroatoms. The van der Waals surface area contributed by atoms with Crippen molar-refractivity contribution < 1.29 is 9.53 Å². The Balaban J connectivity index is 2.28. The highest BCUT2D eigenvalue weighted by Gasteiger charge is 2.33. The third kappa shape index (κ3) is 2.18. The molecule has 1 aliphatic carbocycles. The Kier molecular flexibility index (Phi) is 3.41. The number of rotatable bonds is 1. The summed E-state index contributed by atoms with van der Waals surface area (Å²) >= 11 is 18.4. The van der Waals surface area contributed by atoms with Crippen LogP contribution in [0.2, 0.25) is 15.1 Å². The van der Waals surface area contributed by atoms with Crippen LogP contribution >= 0.6 is 34.8 Å². The number of esters is 1. The van der Waals surface area contributed by atoms with Gasteiger partial charge in [0.2, 0.25) is 0 Å². The Labute approximate surface area is 131 Å². The highest BCUT2D eigenvalue weighted by Crippen LogP contribution is 2.50. The van der Waals surface area contributed by atoms with Crippen molar-refractivity contribution in [1.29, 1.82) is 0 Å². The summed E-state index contributed by atoms with van der Waals surface area (Å²) in [7, 11) is 0. The maximum atomic E-state index is 11.4. The van der Waals surface area contributed by atoms with E-state index in [9.17, 15) is 4.79 Å². The number of carbonyl (C=O) groups is 1. The van der Waals surface area contributed by atoms with Gasteiger partial charge >= 0.3 is 5.97 Å². The van der Waals surface area contributed by atoms with Crippen LogP contribution in [-0.4, -0.2) is 5.97 Å². The van der Waals surface area contributed by atoms with Crippen molar-refractivity contribution in [2.75, 3.05) is 0 Å². The van der Waals surface area contributed by atoms with Crippen molar-refractivity contribution in [2.24, 2.45) is 0 Å². The number of fused-ring (bicyclic) bond motifs is 3. The maximum Gasteiger partial charge on any atom is 0.303 e. The average molecular weight is 328 g/mol. The molecule has 0 radical (unpaired) electrons. The van der Waals surface area contributed by atoms with E-state index in [-0.39, 0.29) is 5.97 Å². The second-order valence-electron chi connectivity index (χ2n) is 4.57. The van der Waals surface area contributed by atoms with Crippen LogP contribution in [0.1, 0.15) is 24.2 Å². The number of hydrogen-bond donors (Lipinski definition) is 0. The smallest absolute Gasteiger partial charge is 0.303 e. The highest BCUT2D eigenvalue weighted by atomic mass is 35.5. The van der Waals surface area contributed by atoms with E-state index in [0.29, 0.717) is 15.1 Å². The molecule has 0 saturated heterocycles. The van der Waals surface area contributed by atoms with Gasteiger partial charge in [-0.25, -0.2) is 0 Å². The van der Waals surface area contributed by atoms with Gasteiger partial charge in [0.25, 0.3) is 0 Å². The van der Waals surface area contributed by atoms with Gasteiger partial charge in [0.05, 0.1) is 5.02 Å². The minimum Gasteiger partial charge on any atom is -0.453 e. The quantitative estimate of drug-likeness (QED) is 0.666. The van der Waals surface area contributed by atoms with E-state index in [1.807, 2.05) is 6.07 Å². The van der Waals surface area contributed by atoms with Crippen molar-refractivity contribution in [3.63, 3.8) is 0 Å². The van der Waals surface area contributed by atoms with Crippen molar-refractivity contribution in [3.8, 4) is 11.1 Å². The molecule has 2 nitrogen and oxygen atoms in total. The molecule has 2 aromatic rings. The van der Waals surface area contributed by atoms with E-state index >= 15 is 0 Å². The molecular weight excluding hydrogens is 319 g/mol. The van der Waals surface area contributed by atoms with Crippen LogP contribution < -0.4 is 0 Å². The Morgan fingerprint density at radius 2 is 1.75 bits per heavy atom. The maximum absolute atomic E-state index is 11.4. The number of ether oxygens (including phenoxy) is 1. The zero-order chi connectivity index (χ0) is 14.4. The van der Waals surface area contributed by atoms with Crippen LogP contribution in [0.4, 0.5) is 0 Å². The summed E-state index contributed by atoms with van der Waals surface area (Å²) in [4.78, 5) is 11.4. The van der Waals surface area contributed by atoms with E-state index in [0.717, 1.165) is 22.3 Å². The molecule has 0 spiro atoms. The summed E-state index contributed by atoms with van der Waals surface area (Å²) < 4.78 is 5.41. The molecule has 3 rings (SSSR count). The van der Waals surface area contributed by atoms with Gasteiger partial charge in [-0.1, -0.05) is 40.9 Å². The number of carbonyl (C=O) groups excluding carboxylic acids is 1. The zero-order valence-electron chi connectivity index (χ0n) is 10.4. The van der Waals surface area contributed by atoms with Crippen molar-refractivity contribution in [3.05, 3.63) is 56.5 Å². The molecule has 1 aliphatic rings. The van der Waals surface area contributed by atoms with Gasteiger partial charge < -0.3 is 4.74 Å². The van der Waals surface area contributed by atoms with E-state index < -0.39 is 6.10 Å². The molecule has 1 atom stereocenters. The van der Waals surface area contributed by atoms with Gasteiger partial charge in [0.15, 0.2) is 6.10 Å². The first-order valence-corrected chi connectivity index (χ1v) is 7.06. The summed E-state index contributed by atoms with van der Waals surface area (Å²) in [5.74, 6) is -0.370. The zero-order valence-corrected chi connectivity index (χ0v) is 12.7. The fraction of sp³-hybridized carbons (Fsp3) is 0.133. The topological polar surface area (TPSA) is 26.3 Å². The van der Waals surface area contributed by atoms with Gasteiger partial charge in [0, 0.05) is 33.7 Å². The second kappa shape index (κ2) is 4.96. The molecule has 2 aromatic carbocycles. The lowest BCUT2D eigenvalue weighted by Gasteiger charge is -2.14. The van der Waals surface area contributed by atoms with Crippen LogP contribution in [0.5, 0.6) is 0 Å². The molecule has 0 saturated carbocycles. The predicted octanol–water partition coefficient (Wildman–Crippen LogP) is 5.28. The second-order valence-corrected chi connectivity index (χ2v) is 5.85. The van der Waals surface area contributed by atoms with E-state index in [1.54, 1.807) is 24.3 Å². The number of halogens is 3. The third-order valence-electron chi connectivity index (χ3n) is 3.22. The van der Waals surface area contributed by atoms with E-state index in [4.69, 9.17) is 39.5 Å². The van der Waals surface area contributed by atoms with Crippen LogP contribution in [-0.2, 0) is 9.53 Å². The SMILES string of the molecule is CC(=O)OC1c2cc(Cl)ccc2-c2c(Cl)cc(Cl)cc21. The summed E-state index contributed by atoms with van der Waals surface area (Å²) in [6.07, 6.45) is -0.521. The molecule has 0 heterocycles. The summed E-state index contributed by atoms with van der Waals surface area (Å²) in [6.45, 7) is 1.37. The molecule has 102 valence electrons. The Bertz CT molecular complexity index is 725. The molecular formula is C15H9Cl3O2. The van der Waals surface area contributed by atoms with E-state index in [1.165, 1.54) is 6.92 Å². The van der Waals surface area contributed by atoms with Crippen molar-refractivity contribution in [1.82, 2.24) is 0 Å². The van der Waals surface area contributed by atoms with Gasteiger partial charge in [-0.15, -0.1) is 0 Å². The predicted molar refractivity (Wildman–Crippen MR) is 80.5 cm³/mol. The van der Waals surface area contributed by atoms with Crippen molar-refractivity contribution >= 4 is 40.8 Å². The lowest BCUT2D eigenvalue weighted by molar-refractivity contribution is -0.144. The minimum atomic E-state index is -0.521. The monoisotopic (exact) mass is 326 g/mol. The first-order valence-electron chi connectivity index (χ1n) is 5.93. The molecule has 0 N–H and O–H groups in total. The highest BCUT2D eigenvalue weighted by molar-refractivity contribution is 6.37. The average Bonchev–Trinajstić information content (AvgIpc) is 2.63. The van der Waals surface area contributed by atoms with Crippen LogP contribution in [0.15, 0.2) is 30.3 Å². The summed E-state index contributed by atoms with van der Waals surface area (Å²) in [5, 5.41) is 1.62. The normalized spacial score (nSPS) is 15.7. The number of benzene rings is 2. The van der Waals surface area contributed by atoms with E-state index in [2.05, 4.69) is 0 Å². The molecule has 0 amide bonds. The Hall–Kier alpha value is -1.22. The molecule has 0 aliphatic heterocycles. The summed E-state index contributed by atoms with van der Waals surface area (Å²) in [5.41, 5.74) is 3.37. The van der Waals surface area contributed by atoms with Gasteiger partial charge in [-0.2, -0.15) is 0 Å². The van der Waals surface area contributed by atoms with Gasteiger partial charge in [0.1, 0.15) is 0 Å². The lowest BCUT2D eigenvalue weighted by atomic mass is 10.1. The fourth-order valence-corrected chi connectivity index (χ4v) is 3.31. The minimum absolute atomic E-state index is 0.370. The first-order chi connectivity index (χ1) is 9.47. The standard InChI is InChI=1S/C15H9Cl3O2/c1-7(19)20-15-11-4-8(16)2-3-10(11)14-12(15)5-9(17)6-13(14)18/h2-6,15H,1H3. The van der Waals surface area contributed by atoms with Crippen LogP contribution in [0.25, 0.3) is 11.1 Å². The molecule has 20 heavy (non-hydrogen) atoms. The Morgan fingerprint density at radius 1 is 1.05 bits per heavy atom. The third-order valence-corrected chi connectivity index (χ3v) is 3.97. The molecule has 0 fully saturated rings. The van der Waals surface area contributed by atoms with Gasteiger partial charge in [-0.3, -0.25) is 4.79 Å². The van der Waals surface area contributed by atoms with Gasteiger partial charge in [-0.05, 0) is 29.8 Å². The lowest BCUT2D eigenvalue weighted by Crippen LogP contribution is -2.07. The van der Waals surface area contributed by atoms with Crippen LogP contribution in [0, 0.1) is 0 Å². The molecule has 0 bridgehead atoms. The molecule has 0 aromatic heterocycles. The fourth-order valence-electron chi connectivity index (χ4n) is 2.52. The van der Waals surface area contributed by atoms with Crippen molar-refractivity contribution in [2.45, 2.75) is 13.0 Å².